The number of carbonyl (C=O) groups is 2. The van der Waals surface area contributed by atoms with Crippen LogP contribution in [-0.4, -0.2) is 40.0 Å². The summed E-state index contributed by atoms with van der Waals surface area (Å²) in [6, 6.07) is 3.36. The van der Waals surface area contributed by atoms with Gasteiger partial charge in [0.2, 0.25) is 5.91 Å². The fraction of sp³-hybridized carbons (Fsp3) is 0.462. The number of nitrogens with zero attached hydrogens (tertiary/aromatic N) is 2. The molecule has 0 saturated heterocycles. The van der Waals surface area contributed by atoms with Crippen molar-refractivity contribution in [2.75, 3.05) is 18.8 Å². The van der Waals surface area contributed by atoms with Crippen molar-refractivity contribution in [3.63, 3.8) is 0 Å². The van der Waals surface area contributed by atoms with Crippen molar-refractivity contribution in [1.82, 2.24) is 9.88 Å². The first-order valence-corrected chi connectivity index (χ1v) is 6.24. The van der Waals surface area contributed by atoms with E-state index in [0.29, 0.717) is 23.8 Å². The summed E-state index contributed by atoms with van der Waals surface area (Å²) in [5, 5.41) is 8.84. The van der Waals surface area contributed by atoms with E-state index in [1.165, 1.54) is 11.1 Å². The molecule has 1 heterocycles. The Balaban J connectivity index is 1.97. The van der Waals surface area contributed by atoms with Gasteiger partial charge in [-0.2, -0.15) is 0 Å². The van der Waals surface area contributed by atoms with Crippen molar-refractivity contribution >= 4 is 17.6 Å². The van der Waals surface area contributed by atoms with Gasteiger partial charge in [-0.3, -0.25) is 14.6 Å². The Morgan fingerprint density at radius 1 is 1.42 bits per heavy atom. The van der Waals surface area contributed by atoms with E-state index in [0.717, 1.165) is 12.8 Å². The highest BCUT2D eigenvalue weighted by molar-refractivity contribution is 5.82. The third-order valence-electron chi connectivity index (χ3n) is 3.03. The molecule has 2 rings (SSSR count). The van der Waals surface area contributed by atoms with E-state index < -0.39 is 5.97 Å². The molecule has 1 fully saturated rings. The first-order valence-electron chi connectivity index (χ1n) is 6.24. The zero-order chi connectivity index (χ0) is 13.8. The molecule has 0 aromatic carbocycles. The molecular weight excluding hydrogens is 246 g/mol. The van der Waals surface area contributed by atoms with Crippen LogP contribution in [0.1, 0.15) is 18.5 Å². The lowest BCUT2D eigenvalue weighted by Crippen LogP contribution is -2.38. The number of carboxylic acid groups (broad SMARTS) is 1. The zero-order valence-electron chi connectivity index (χ0n) is 10.6. The first kappa shape index (κ1) is 13.3. The molecule has 1 aliphatic carbocycles. The highest BCUT2D eigenvalue weighted by atomic mass is 16.4. The number of aliphatic carboxylic acids is 1. The second-order valence-corrected chi connectivity index (χ2v) is 4.87. The van der Waals surface area contributed by atoms with Crippen LogP contribution in [0.4, 0.5) is 5.69 Å². The number of anilines is 1. The molecule has 102 valence electrons. The molecule has 0 atom stereocenters. The van der Waals surface area contributed by atoms with Gasteiger partial charge in [0.1, 0.15) is 6.54 Å². The Labute approximate surface area is 111 Å². The predicted octanol–water partition coefficient (Wildman–Crippen LogP) is 0.529. The van der Waals surface area contributed by atoms with Crippen LogP contribution in [-0.2, 0) is 16.0 Å². The van der Waals surface area contributed by atoms with Crippen molar-refractivity contribution < 1.29 is 14.7 Å². The Kier molecular flexibility index (Phi) is 3.99. The Hall–Kier alpha value is -2.11. The van der Waals surface area contributed by atoms with Crippen LogP contribution in [0.5, 0.6) is 0 Å². The first-order chi connectivity index (χ1) is 9.04. The lowest BCUT2D eigenvalue weighted by molar-refractivity contribution is -0.144. The second-order valence-electron chi connectivity index (χ2n) is 4.87. The lowest BCUT2D eigenvalue weighted by atomic mass is 10.2. The molecule has 1 aromatic heterocycles. The van der Waals surface area contributed by atoms with Crippen LogP contribution < -0.4 is 5.73 Å². The second kappa shape index (κ2) is 5.69. The molecule has 1 aliphatic rings. The number of nitrogens with two attached hydrogens (primary N) is 1. The fourth-order valence-electron chi connectivity index (χ4n) is 1.84. The van der Waals surface area contributed by atoms with Gasteiger partial charge in [0, 0.05) is 12.2 Å². The maximum atomic E-state index is 12.1. The summed E-state index contributed by atoms with van der Waals surface area (Å²) in [7, 11) is 0. The number of hydrogen-bond donors (Lipinski definition) is 2. The largest absolute Gasteiger partial charge is 0.480 e. The van der Waals surface area contributed by atoms with Crippen molar-refractivity contribution in [2.45, 2.75) is 19.3 Å². The Bertz CT molecular complexity index is 469. The number of hydrogen-bond acceptors (Lipinski definition) is 4. The number of carbonyl (C=O) groups excluding carboxylic acids is 1. The van der Waals surface area contributed by atoms with Crippen LogP contribution in [0, 0.1) is 5.92 Å². The van der Waals surface area contributed by atoms with Gasteiger partial charge in [-0.25, -0.2) is 0 Å². The van der Waals surface area contributed by atoms with Crippen LogP contribution >= 0.6 is 0 Å². The standard InChI is InChI=1S/C13H17N3O3/c14-10-3-4-11(15-6-10)5-12(17)16(8-13(18)19)7-9-1-2-9/h3-4,6,9H,1-2,5,7-8,14H2,(H,18,19). The quantitative estimate of drug-likeness (QED) is 0.780. The van der Waals surface area contributed by atoms with Gasteiger partial charge in [-0.1, -0.05) is 0 Å². The number of pyridine rings is 1. The Morgan fingerprint density at radius 3 is 2.68 bits per heavy atom. The van der Waals surface area contributed by atoms with Crippen molar-refractivity contribution in [1.29, 1.82) is 0 Å². The summed E-state index contributed by atoms with van der Waals surface area (Å²) in [4.78, 5) is 28.3. The Morgan fingerprint density at radius 2 is 2.16 bits per heavy atom. The number of amides is 1. The van der Waals surface area contributed by atoms with E-state index in [9.17, 15) is 9.59 Å². The van der Waals surface area contributed by atoms with Crippen LogP contribution in [0.25, 0.3) is 0 Å². The molecule has 0 unspecified atom stereocenters. The molecule has 1 saturated carbocycles. The summed E-state index contributed by atoms with van der Waals surface area (Å²) in [6.07, 6.45) is 3.75. The summed E-state index contributed by atoms with van der Waals surface area (Å²) in [5.74, 6) is -0.728. The number of rotatable bonds is 6. The minimum absolute atomic E-state index is 0.111. The highest BCUT2D eigenvalue weighted by Crippen LogP contribution is 2.29. The van der Waals surface area contributed by atoms with E-state index in [2.05, 4.69) is 4.98 Å². The van der Waals surface area contributed by atoms with Crippen LogP contribution in [0.2, 0.25) is 0 Å². The average Bonchev–Trinajstić information content (AvgIpc) is 3.14. The van der Waals surface area contributed by atoms with Crippen LogP contribution in [0.3, 0.4) is 0 Å². The molecule has 0 radical (unpaired) electrons. The monoisotopic (exact) mass is 263 g/mol. The molecule has 0 bridgehead atoms. The molecule has 19 heavy (non-hydrogen) atoms. The van der Waals surface area contributed by atoms with Gasteiger partial charge < -0.3 is 15.7 Å². The molecule has 6 nitrogen and oxygen atoms in total. The summed E-state index contributed by atoms with van der Waals surface area (Å²) >= 11 is 0. The van der Waals surface area contributed by atoms with E-state index in [1.54, 1.807) is 12.1 Å². The van der Waals surface area contributed by atoms with Crippen molar-refractivity contribution in [2.24, 2.45) is 5.92 Å². The van der Waals surface area contributed by atoms with Crippen molar-refractivity contribution in [3.8, 4) is 0 Å². The van der Waals surface area contributed by atoms with Gasteiger partial charge in [-0.15, -0.1) is 0 Å². The van der Waals surface area contributed by atoms with E-state index in [-0.39, 0.29) is 18.9 Å². The van der Waals surface area contributed by atoms with E-state index in [1.807, 2.05) is 0 Å². The summed E-state index contributed by atoms with van der Waals surface area (Å²) in [6.45, 7) is 0.282. The molecule has 6 heteroatoms. The maximum Gasteiger partial charge on any atom is 0.323 e. The average molecular weight is 263 g/mol. The third kappa shape index (κ3) is 4.24. The number of carboxylic acids is 1. The van der Waals surface area contributed by atoms with E-state index >= 15 is 0 Å². The minimum Gasteiger partial charge on any atom is -0.480 e. The van der Waals surface area contributed by atoms with Gasteiger partial charge in [0.15, 0.2) is 0 Å². The molecule has 1 amide bonds. The smallest absolute Gasteiger partial charge is 0.323 e. The zero-order valence-corrected chi connectivity index (χ0v) is 10.6. The molecule has 1 aromatic rings. The predicted molar refractivity (Wildman–Crippen MR) is 69.3 cm³/mol. The molecular formula is C13H17N3O3. The van der Waals surface area contributed by atoms with E-state index in [4.69, 9.17) is 10.8 Å². The highest BCUT2D eigenvalue weighted by Gasteiger charge is 2.27. The number of nitrogen functional groups attached to an aromatic ring is 1. The lowest BCUT2D eigenvalue weighted by Gasteiger charge is -2.20. The molecule has 0 spiro atoms. The topological polar surface area (TPSA) is 96.5 Å². The van der Waals surface area contributed by atoms with Crippen molar-refractivity contribution in [3.05, 3.63) is 24.0 Å². The number of aromatic nitrogens is 1. The minimum atomic E-state index is -0.987. The SMILES string of the molecule is Nc1ccc(CC(=O)N(CC(=O)O)CC2CC2)nc1. The fourth-order valence-corrected chi connectivity index (χ4v) is 1.84. The van der Waals surface area contributed by atoms with Gasteiger partial charge in [0.05, 0.1) is 18.3 Å². The van der Waals surface area contributed by atoms with Gasteiger partial charge in [-0.05, 0) is 30.9 Å². The summed E-state index contributed by atoms with van der Waals surface area (Å²) in [5.41, 5.74) is 6.66. The normalized spacial score (nSPS) is 14.1. The summed E-state index contributed by atoms with van der Waals surface area (Å²) < 4.78 is 0. The maximum absolute atomic E-state index is 12.1. The molecule has 0 aliphatic heterocycles. The van der Waals surface area contributed by atoms with Gasteiger partial charge >= 0.3 is 5.97 Å². The third-order valence-corrected chi connectivity index (χ3v) is 3.03. The van der Waals surface area contributed by atoms with Gasteiger partial charge in [0.25, 0.3) is 0 Å². The van der Waals surface area contributed by atoms with Crippen LogP contribution in [0.15, 0.2) is 18.3 Å². The molecule has 3 N–H and O–H groups in total.